The highest BCUT2D eigenvalue weighted by molar-refractivity contribution is 5.92. The average molecular weight is 245 g/mol. The van der Waals surface area contributed by atoms with Crippen molar-refractivity contribution >= 4 is 16.6 Å². The Balaban J connectivity index is 2.41. The molecule has 0 atom stereocenters. The van der Waals surface area contributed by atoms with Gasteiger partial charge in [-0.2, -0.15) is 0 Å². The molecule has 0 fully saturated rings. The van der Waals surface area contributed by atoms with Gasteiger partial charge in [-0.3, -0.25) is 0 Å². The maximum absolute atomic E-state index is 9.58. The molecule has 0 aliphatic carbocycles. The van der Waals surface area contributed by atoms with Gasteiger partial charge in [-0.25, -0.2) is 4.98 Å². The molecular formula is C14H19N3O. The predicted octanol–water partition coefficient (Wildman–Crippen LogP) is 2.48. The molecule has 0 aliphatic rings. The van der Waals surface area contributed by atoms with Crippen LogP contribution in [0.2, 0.25) is 0 Å². The molecular weight excluding hydrogens is 226 g/mol. The van der Waals surface area contributed by atoms with E-state index in [-0.39, 0.29) is 11.3 Å². The van der Waals surface area contributed by atoms with Crippen LogP contribution >= 0.6 is 0 Å². The van der Waals surface area contributed by atoms with E-state index >= 15 is 0 Å². The maximum atomic E-state index is 9.58. The van der Waals surface area contributed by atoms with Gasteiger partial charge in [0.25, 0.3) is 0 Å². The molecule has 1 heterocycles. The number of phenolic OH excluding ortho intramolecular Hbond substituents is 1. The van der Waals surface area contributed by atoms with Crippen LogP contribution in [0.15, 0.2) is 30.5 Å². The van der Waals surface area contributed by atoms with Crippen molar-refractivity contribution in [2.24, 2.45) is 5.73 Å². The second-order valence-electron chi connectivity index (χ2n) is 5.11. The van der Waals surface area contributed by atoms with Gasteiger partial charge >= 0.3 is 0 Å². The van der Waals surface area contributed by atoms with Crippen molar-refractivity contribution in [2.75, 3.05) is 11.9 Å². The number of pyridine rings is 1. The van der Waals surface area contributed by atoms with Crippen molar-refractivity contribution in [1.29, 1.82) is 0 Å². The quantitative estimate of drug-likeness (QED) is 0.774. The summed E-state index contributed by atoms with van der Waals surface area (Å²) in [6, 6.07) is 7.21. The fourth-order valence-corrected chi connectivity index (χ4v) is 2.00. The van der Waals surface area contributed by atoms with Gasteiger partial charge in [0.2, 0.25) is 0 Å². The number of hydrogen-bond acceptors (Lipinski definition) is 4. The second kappa shape index (κ2) is 4.82. The predicted molar refractivity (Wildman–Crippen MR) is 74.8 cm³/mol. The lowest BCUT2D eigenvalue weighted by Crippen LogP contribution is -2.33. The van der Waals surface area contributed by atoms with E-state index in [4.69, 9.17) is 5.73 Å². The number of anilines is 1. The van der Waals surface area contributed by atoms with Crippen LogP contribution in [0, 0.1) is 0 Å². The van der Waals surface area contributed by atoms with Crippen LogP contribution in [0.1, 0.15) is 20.3 Å². The summed E-state index contributed by atoms with van der Waals surface area (Å²) in [6.45, 7) is 4.79. The van der Waals surface area contributed by atoms with E-state index in [0.717, 1.165) is 23.0 Å². The third-order valence-corrected chi connectivity index (χ3v) is 2.98. The summed E-state index contributed by atoms with van der Waals surface area (Å²) < 4.78 is 0. The van der Waals surface area contributed by atoms with Gasteiger partial charge in [-0.1, -0.05) is 6.07 Å². The Kier molecular flexibility index (Phi) is 3.39. The van der Waals surface area contributed by atoms with Crippen LogP contribution < -0.4 is 11.1 Å². The summed E-state index contributed by atoms with van der Waals surface area (Å²) in [7, 11) is 0. The standard InChI is InChI=1S/C14H19N3O/c1-14(2,6-7-15)17-13-12-9-11(18)4-3-10(12)5-8-16-13/h3-5,8-9,18H,6-7,15H2,1-2H3,(H,16,17). The normalized spacial score (nSPS) is 11.7. The summed E-state index contributed by atoms with van der Waals surface area (Å²) in [4.78, 5) is 4.35. The Morgan fingerprint density at radius 1 is 1.33 bits per heavy atom. The summed E-state index contributed by atoms with van der Waals surface area (Å²) >= 11 is 0. The molecule has 0 spiro atoms. The number of nitrogens with zero attached hydrogens (tertiary/aromatic N) is 1. The lowest BCUT2D eigenvalue weighted by molar-refractivity contribution is 0.476. The number of fused-ring (bicyclic) bond motifs is 1. The highest BCUT2D eigenvalue weighted by atomic mass is 16.3. The molecule has 2 aromatic rings. The van der Waals surface area contributed by atoms with Crippen molar-refractivity contribution in [3.05, 3.63) is 30.5 Å². The fourth-order valence-electron chi connectivity index (χ4n) is 2.00. The first-order chi connectivity index (χ1) is 8.52. The minimum absolute atomic E-state index is 0.124. The van der Waals surface area contributed by atoms with Crippen molar-refractivity contribution in [1.82, 2.24) is 4.98 Å². The van der Waals surface area contributed by atoms with Crippen LogP contribution in [0.3, 0.4) is 0 Å². The molecule has 4 nitrogen and oxygen atoms in total. The van der Waals surface area contributed by atoms with Gasteiger partial charge in [-0.15, -0.1) is 0 Å². The summed E-state index contributed by atoms with van der Waals surface area (Å²) in [5, 5.41) is 14.9. The zero-order valence-corrected chi connectivity index (χ0v) is 10.8. The minimum atomic E-state index is -0.124. The molecule has 0 aliphatic heterocycles. The Hall–Kier alpha value is -1.81. The van der Waals surface area contributed by atoms with E-state index in [1.807, 2.05) is 12.1 Å². The number of aromatic hydroxyl groups is 1. The number of aromatic nitrogens is 1. The van der Waals surface area contributed by atoms with Gasteiger partial charge in [-0.05, 0) is 50.4 Å². The molecule has 1 aromatic carbocycles. The molecule has 2 rings (SSSR count). The highest BCUT2D eigenvalue weighted by Gasteiger charge is 2.18. The molecule has 0 bridgehead atoms. The van der Waals surface area contributed by atoms with E-state index < -0.39 is 0 Å². The van der Waals surface area contributed by atoms with Crippen molar-refractivity contribution in [3.8, 4) is 5.75 Å². The fraction of sp³-hybridized carbons (Fsp3) is 0.357. The van der Waals surface area contributed by atoms with Gasteiger partial charge < -0.3 is 16.2 Å². The lowest BCUT2D eigenvalue weighted by Gasteiger charge is -2.27. The molecule has 18 heavy (non-hydrogen) atoms. The van der Waals surface area contributed by atoms with Crippen LogP contribution in [0.5, 0.6) is 5.75 Å². The molecule has 0 radical (unpaired) electrons. The number of hydrogen-bond donors (Lipinski definition) is 3. The molecule has 4 heteroatoms. The Labute approximate surface area is 107 Å². The van der Waals surface area contributed by atoms with Gasteiger partial charge in [0.15, 0.2) is 0 Å². The molecule has 0 unspecified atom stereocenters. The number of rotatable bonds is 4. The monoisotopic (exact) mass is 245 g/mol. The summed E-state index contributed by atoms with van der Waals surface area (Å²) in [5.41, 5.74) is 5.48. The molecule has 0 saturated heterocycles. The van der Waals surface area contributed by atoms with Crippen molar-refractivity contribution in [3.63, 3.8) is 0 Å². The van der Waals surface area contributed by atoms with Gasteiger partial charge in [0.05, 0.1) is 0 Å². The minimum Gasteiger partial charge on any atom is -0.508 e. The van der Waals surface area contributed by atoms with Gasteiger partial charge in [0.1, 0.15) is 11.6 Å². The van der Waals surface area contributed by atoms with Crippen LogP contribution in [-0.4, -0.2) is 22.2 Å². The van der Waals surface area contributed by atoms with E-state index in [1.165, 1.54) is 0 Å². The Morgan fingerprint density at radius 2 is 2.11 bits per heavy atom. The summed E-state index contributed by atoms with van der Waals surface area (Å²) in [6.07, 6.45) is 2.62. The smallest absolute Gasteiger partial charge is 0.134 e. The zero-order valence-electron chi connectivity index (χ0n) is 10.8. The van der Waals surface area contributed by atoms with E-state index in [9.17, 15) is 5.11 Å². The molecule has 1 aromatic heterocycles. The van der Waals surface area contributed by atoms with Gasteiger partial charge in [0, 0.05) is 17.1 Å². The molecule has 0 amide bonds. The molecule has 96 valence electrons. The SMILES string of the molecule is CC(C)(CCN)Nc1nccc2ccc(O)cc12. The van der Waals surface area contributed by atoms with Crippen molar-refractivity contribution < 1.29 is 5.11 Å². The average Bonchev–Trinajstić information content (AvgIpc) is 2.29. The van der Waals surface area contributed by atoms with Crippen LogP contribution in [0.4, 0.5) is 5.82 Å². The Bertz CT molecular complexity index is 552. The highest BCUT2D eigenvalue weighted by Crippen LogP contribution is 2.27. The number of nitrogens with two attached hydrogens (primary N) is 1. The van der Waals surface area contributed by atoms with Crippen molar-refractivity contribution in [2.45, 2.75) is 25.8 Å². The van der Waals surface area contributed by atoms with Crippen LogP contribution in [0.25, 0.3) is 10.8 Å². The third-order valence-electron chi connectivity index (χ3n) is 2.98. The first-order valence-corrected chi connectivity index (χ1v) is 6.08. The van der Waals surface area contributed by atoms with Crippen LogP contribution in [-0.2, 0) is 0 Å². The second-order valence-corrected chi connectivity index (χ2v) is 5.11. The topological polar surface area (TPSA) is 71.2 Å². The largest absolute Gasteiger partial charge is 0.508 e. The molecule has 0 saturated carbocycles. The third kappa shape index (κ3) is 2.71. The Morgan fingerprint density at radius 3 is 2.83 bits per heavy atom. The lowest BCUT2D eigenvalue weighted by atomic mass is 10.0. The number of benzene rings is 1. The first-order valence-electron chi connectivity index (χ1n) is 6.08. The first kappa shape index (κ1) is 12.6. The summed E-state index contributed by atoms with van der Waals surface area (Å²) in [5.74, 6) is 1.03. The number of phenols is 1. The van der Waals surface area contributed by atoms with E-state index in [2.05, 4.69) is 24.1 Å². The number of nitrogens with one attached hydrogen (secondary N) is 1. The zero-order chi connectivity index (χ0) is 13.2. The maximum Gasteiger partial charge on any atom is 0.134 e. The molecule has 4 N–H and O–H groups in total. The van der Waals surface area contributed by atoms with E-state index in [0.29, 0.717) is 6.54 Å². The van der Waals surface area contributed by atoms with E-state index in [1.54, 1.807) is 18.3 Å².